The van der Waals surface area contributed by atoms with E-state index in [0.29, 0.717) is 16.6 Å². The predicted molar refractivity (Wildman–Crippen MR) is 79.6 cm³/mol. The average Bonchev–Trinajstić information content (AvgIpc) is 2.26. The molecule has 5 heteroatoms. The summed E-state index contributed by atoms with van der Waals surface area (Å²) in [7, 11) is 0. The fourth-order valence-electron chi connectivity index (χ4n) is 2.24. The van der Waals surface area contributed by atoms with Crippen LogP contribution in [0, 0.1) is 0 Å². The topological polar surface area (TPSA) is 38.5 Å². The summed E-state index contributed by atoms with van der Waals surface area (Å²) in [5.41, 5.74) is 7.35. The Kier molecular flexibility index (Phi) is 3.80. The maximum Gasteiger partial charge on any atom is 0.107 e. The van der Waals surface area contributed by atoms with Crippen LogP contribution in [0.25, 0.3) is 0 Å². The minimum Gasteiger partial charge on any atom is -0.389 e. The van der Waals surface area contributed by atoms with Crippen LogP contribution in [0.2, 0.25) is 5.02 Å². The fourth-order valence-corrected chi connectivity index (χ4v) is 2.78. The van der Waals surface area contributed by atoms with E-state index in [-0.39, 0.29) is 5.60 Å². The second kappa shape index (κ2) is 5.03. The molecule has 1 aromatic rings. The van der Waals surface area contributed by atoms with E-state index in [1.165, 1.54) is 0 Å². The zero-order valence-electron chi connectivity index (χ0n) is 10.6. The number of hydrogen-bond acceptors (Lipinski definition) is 3. The monoisotopic (exact) mass is 284 g/mol. The van der Waals surface area contributed by atoms with Gasteiger partial charge in [-0.2, -0.15) is 0 Å². The summed E-state index contributed by atoms with van der Waals surface area (Å²) in [6.07, 6.45) is 0. The highest BCUT2D eigenvalue weighted by molar-refractivity contribution is 7.80. The SMILES string of the molecule is CC1(C)CN(c2cccc(Cl)c2C(N)=S)CCO1. The number of nitrogens with two attached hydrogens (primary N) is 1. The summed E-state index contributed by atoms with van der Waals surface area (Å²) >= 11 is 11.3. The van der Waals surface area contributed by atoms with Crippen molar-refractivity contribution < 1.29 is 4.74 Å². The Morgan fingerprint density at radius 2 is 2.22 bits per heavy atom. The van der Waals surface area contributed by atoms with Gasteiger partial charge in [0.05, 0.1) is 22.8 Å². The molecule has 1 aliphatic rings. The normalized spacial score (nSPS) is 18.7. The van der Waals surface area contributed by atoms with E-state index in [4.69, 9.17) is 34.3 Å². The van der Waals surface area contributed by atoms with E-state index in [9.17, 15) is 0 Å². The molecule has 0 aliphatic carbocycles. The lowest BCUT2D eigenvalue weighted by Crippen LogP contribution is -2.48. The number of thiocarbonyl (C=S) groups is 1. The maximum absolute atomic E-state index is 6.19. The van der Waals surface area contributed by atoms with Crippen LogP contribution >= 0.6 is 23.8 Å². The van der Waals surface area contributed by atoms with Crippen LogP contribution in [-0.2, 0) is 4.74 Å². The smallest absolute Gasteiger partial charge is 0.107 e. The molecule has 1 fully saturated rings. The Bertz CT molecular complexity index is 476. The molecule has 3 nitrogen and oxygen atoms in total. The summed E-state index contributed by atoms with van der Waals surface area (Å²) in [6, 6.07) is 5.73. The molecule has 0 bridgehead atoms. The van der Waals surface area contributed by atoms with Crippen molar-refractivity contribution in [2.75, 3.05) is 24.6 Å². The van der Waals surface area contributed by atoms with Gasteiger partial charge in [0.1, 0.15) is 4.99 Å². The summed E-state index contributed by atoms with van der Waals surface area (Å²) < 4.78 is 5.71. The minimum absolute atomic E-state index is 0.173. The van der Waals surface area contributed by atoms with Crippen LogP contribution in [0.15, 0.2) is 18.2 Å². The molecule has 98 valence electrons. The molecular formula is C13H17ClN2OS. The molecule has 0 atom stereocenters. The molecule has 1 aromatic carbocycles. The number of nitrogens with zero attached hydrogens (tertiary/aromatic N) is 1. The molecule has 2 N–H and O–H groups in total. The zero-order chi connectivity index (χ0) is 13.3. The number of anilines is 1. The van der Waals surface area contributed by atoms with Crippen LogP contribution in [0.3, 0.4) is 0 Å². The average molecular weight is 285 g/mol. The molecule has 0 spiro atoms. The van der Waals surface area contributed by atoms with Crippen LogP contribution < -0.4 is 10.6 Å². The van der Waals surface area contributed by atoms with Crippen LogP contribution in [-0.4, -0.2) is 30.3 Å². The summed E-state index contributed by atoms with van der Waals surface area (Å²) in [4.78, 5) is 2.56. The first-order valence-electron chi connectivity index (χ1n) is 5.88. The van der Waals surface area contributed by atoms with Crippen molar-refractivity contribution in [1.82, 2.24) is 0 Å². The Morgan fingerprint density at radius 3 is 2.83 bits per heavy atom. The van der Waals surface area contributed by atoms with E-state index in [1.807, 2.05) is 18.2 Å². The van der Waals surface area contributed by atoms with E-state index in [0.717, 1.165) is 24.3 Å². The van der Waals surface area contributed by atoms with Crippen molar-refractivity contribution in [2.45, 2.75) is 19.4 Å². The number of hydrogen-bond donors (Lipinski definition) is 1. The largest absolute Gasteiger partial charge is 0.389 e. The van der Waals surface area contributed by atoms with Crippen molar-refractivity contribution in [3.05, 3.63) is 28.8 Å². The summed E-state index contributed by atoms with van der Waals surface area (Å²) in [6.45, 7) is 6.45. The first-order chi connectivity index (χ1) is 8.41. The highest BCUT2D eigenvalue weighted by Gasteiger charge is 2.29. The van der Waals surface area contributed by atoms with E-state index >= 15 is 0 Å². The molecule has 0 aromatic heterocycles. The number of benzene rings is 1. The van der Waals surface area contributed by atoms with Gasteiger partial charge in [0.2, 0.25) is 0 Å². The van der Waals surface area contributed by atoms with Gasteiger partial charge in [-0.25, -0.2) is 0 Å². The number of ether oxygens (including phenoxy) is 1. The molecule has 0 unspecified atom stereocenters. The first kappa shape index (κ1) is 13.6. The van der Waals surface area contributed by atoms with Gasteiger partial charge >= 0.3 is 0 Å². The Labute approximate surface area is 118 Å². The van der Waals surface area contributed by atoms with Gasteiger partial charge < -0.3 is 15.4 Å². The second-order valence-corrected chi connectivity index (χ2v) is 5.87. The predicted octanol–water partition coefficient (Wildman–Crippen LogP) is 2.59. The van der Waals surface area contributed by atoms with Gasteiger partial charge in [-0.15, -0.1) is 0 Å². The van der Waals surface area contributed by atoms with Crippen LogP contribution in [0.5, 0.6) is 0 Å². The van der Waals surface area contributed by atoms with Gasteiger partial charge in [-0.3, -0.25) is 0 Å². The molecule has 1 aliphatic heterocycles. The lowest BCUT2D eigenvalue weighted by atomic mass is 10.0. The van der Waals surface area contributed by atoms with Gasteiger partial charge in [0.15, 0.2) is 0 Å². The number of rotatable bonds is 2. The fraction of sp³-hybridized carbons (Fsp3) is 0.462. The van der Waals surface area contributed by atoms with Crippen molar-refractivity contribution in [3.63, 3.8) is 0 Å². The molecule has 0 radical (unpaired) electrons. The lowest BCUT2D eigenvalue weighted by Gasteiger charge is -2.40. The Hall–Kier alpha value is -0.840. The first-order valence-corrected chi connectivity index (χ1v) is 6.66. The standard InChI is InChI=1S/C13H17ClN2OS/c1-13(2)8-16(6-7-17-13)10-5-3-4-9(14)11(10)12(15)18/h3-5H,6-8H2,1-2H3,(H2,15,18). The van der Waals surface area contributed by atoms with Gasteiger partial charge in [0, 0.05) is 18.8 Å². The number of morpholine rings is 1. The number of halogens is 1. The van der Waals surface area contributed by atoms with E-state index in [2.05, 4.69) is 18.7 Å². The third-order valence-electron chi connectivity index (χ3n) is 3.00. The van der Waals surface area contributed by atoms with Crippen molar-refractivity contribution in [3.8, 4) is 0 Å². The molecule has 2 rings (SSSR count). The van der Waals surface area contributed by atoms with Gasteiger partial charge in [-0.1, -0.05) is 29.9 Å². The van der Waals surface area contributed by atoms with Crippen LogP contribution in [0.4, 0.5) is 5.69 Å². The maximum atomic E-state index is 6.19. The van der Waals surface area contributed by atoms with Gasteiger partial charge in [0.25, 0.3) is 0 Å². The molecule has 0 saturated carbocycles. The third kappa shape index (κ3) is 2.76. The highest BCUT2D eigenvalue weighted by Crippen LogP contribution is 2.30. The lowest BCUT2D eigenvalue weighted by molar-refractivity contribution is -0.0276. The molecular weight excluding hydrogens is 268 g/mol. The molecule has 1 heterocycles. The third-order valence-corrected chi connectivity index (χ3v) is 3.52. The molecule has 18 heavy (non-hydrogen) atoms. The van der Waals surface area contributed by atoms with Gasteiger partial charge in [-0.05, 0) is 26.0 Å². The van der Waals surface area contributed by atoms with Crippen molar-refractivity contribution >= 4 is 34.5 Å². The quantitative estimate of drug-likeness (QED) is 0.847. The van der Waals surface area contributed by atoms with E-state index in [1.54, 1.807) is 0 Å². The Balaban J connectivity index is 2.39. The second-order valence-electron chi connectivity index (χ2n) is 5.03. The van der Waals surface area contributed by atoms with E-state index < -0.39 is 0 Å². The molecule has 0 amide bonds. The highest BCUT2D eigenvalue weighted by atomic mass is 35.5. The zero-order valence-corrected chi connectivity index (χ0v) is 12.1. The molecule has 1 saturated heterocycles. The van der Waals surface area contributed by atoms with Crippen LogP contribution in [0.1, 0.15) is 19.4 Å². The summed E-state index contributed by atoms with van der Waals surface area (Å²) in [5, 5.41) is 0.601. The summed E-state index contributed by atoms with van der Waals surface area (Å²) in [5.74, 6) is 0. The van der Waals surface area contributed by atoms with Crippen molar-refractivity contribution in [1.29, 1.82) is 0 Å². The van der Waals surface area contributed by atoms with Crippen molar-refractivity contribution in [2.24, 2.45) is 5.73 Å². The minimum atomic E-state index is -0.173. The Morgan fingerprint density at radius 1 is 1.50 bits per heavy atom.